The Hall–Kier alpha value is -1.50. The Labute approximate surface area is 128 Å². The zero-order valence-electron chi connectivity index (χ0n) is 13.0. The monoisotopic (exact) mass is 310 g/mol. The molecule has 0 fully saturated rings. The molecule has 0 saturated carbocycles. The zero-order valence-corrected chi connectivity index (χ0v) is 13.8. The van der Waals surface area contributed by atoms with Crippen LogP contribution in [0.1, 0.15) is 32.4 Å². The smallest absolute Gasteiger partial charge is 0.313 e. The van der Waals surface area contributed by atoms with E-state index < -0.39 is 5.97 Å². The van der Waals surface area contributed by atoms with Gasteiger partial charge in [-0.3, -0.25) is 9.48 Å². The lowest BCUT2D eigenvalue weighted by atomic mass is 10.1. The number of hydrogen-bond acceptors (Lipinski definition) is 4. The summed E-state index contributed by atoms with van der Waals surface area (Å²) >= 11 is 1.27. The van der Waals surface area contributed by atoms with E-state index in [1.165, 1.54) is 11.8 Å². The molecule has 0 amide bonds. The number of nitrogens with zero attached hydrogens (tertiary/aromatic N) is 4. The van der Waals surface area contributed by atoms with Crippen LogP contribution in [-0.2, 0) is 18.4 Å². The zero-order chi connectivity index (χ0) is 15.6. The number of hydrogen-bond donors (Lipinski definition) is 1. The largest absolute Gasteiger partial charge is 0.481 e. The summed E-state index contributed by atoms with van der Waals surface area (Å²) in [5.41, 5.74) is 2.73. The first-order chi connectivity index (χ1) is 9.90. The number of aliphatic carboxylic acids is 1. The summed E-state index contributed by atoms with van der Waals surface area (Å²) in [6.07, 6.45) is 2.19. The fourth-order valence-electron chi connectivity index (χ4n) is 2.41. The molecule has 0 bridgehead atoms. The van der Waals surface area contributed by atoms with E-state index in [4.69, 9.17) is 5.11 Å². The van der Waals surface area contributed by atoms with Crippen molar-refractivity contribution in [1.82, 2.24) is 19.3 Å². The van der Waals surface area contributed by atoms with Crippen LogP contribution in [0.2, 0.25) is 0 Å². The lowest BCUT2D eigenvalue weighted by Crippen LogP contribution is -2.07. The van der Waals surface area contributed by atoms with Gasteiger partial charge in [0.15, 0.2) is 10.8 Å². The highest BCUT2D eigenvalue weighted by molar-refractivity contribution is 7.99. The Kier molecular flexibility index (Phi) is 4.92. The standard InChI is InChI=1S/C14H22N4O2S/c1-9(2)6-5-7-18-13-12(10(3)16-17(13)4)15-14(18)21-8-11(19)20/h9H,5-8H2,1-4H3,(H,19,20). The number of imidazole rings is 1. The van der Waals surface area contributed by atoms with Crippen LogP contribution in [0, 0.1) is 12.8 Å². The first kappa shape index (κ1) is 15.9. The second-order valence-electron chi connectivity index (χ2n) is 5.65. The number of rotatable bonds is 7. The van der Waals surface area contributed by atoms with E-state index in [1.54, 1.807) is 0 Å². The van der Waals surface area contributed by atoms with Crippen LogP contribution < -0.4 is 0 Å². The van der Waals surface area contributed by atoms with E-state index in [1.807, 2.05) is 18.7 Å². The predicted octanol–water partition coefficient (Wildman–Crippen LogP) is 2.69. The minimum atomic E-state index is -0.823. The van der Waals surface area contributed by atoms with Crippen molar-refractivity contribution in [2.75, 3.05) is 5.75 Å². The lowest BCUT2D eigenvalue weighted by Gasteiger charge is -2.10. The second kappa shape index (κ2) is 6.51. The molecule has 1 N–H and O–H groups in total. The minimum Gasteiger partial charge on any atom is -0.481 e. The molecule has 0 radical (unpaired) electrons. The Morgan fingerprint density at radius 1 is 1.43 bits per heavy atom. The fourth-order valence-corrected chi connectivity index (χ4v) is 3.15. The highest BCUT2D eigenvalue weighted by Gasteiger charge is 2.18. The SMILES string of the molecule is Cc1nn(C)c2c1nc(SCC(=O)O)n2CCCC(C)C. The predicted molar refractivity (Wildman–Crippen MR) is 83.7 cm³/mol. The maximum absolute atomic E-state index is 10.8. The summed E-state index contributed by atoms with van der Waals surface area (Å²) in [5, 5.41) is 14.0. The summed E-state index contributed by atoms with van der Waals surface area (Å²) in [7, 11) is 1.90. The highest BCUT2D eigenvalue weighted by Crippen LogP contribution is 2.26. The molecule has 6 nitrogen and oxygen atoms in total. The van der Waals surface area contributed by atoms with Gasteiger partial charge in [-0.05, 0) is 25.7 Å². The Balaban J connectivity index is 2.31. The number of thioether (sulfide) groups is 1. The first-order valence-corrected chi connectivity index (χ1v) is 8.13. The van der Waals surface area contributed by atoms with E-state index in [9.17, 15) is 4.79 Å². The van der Waals surface area contributed by atoms with Crippen molar-refractivity contribution in [3.05, 3.63) is 5.69 Å². The molecule has 0 unspecified atom stereocenters. The number of carboxylic acids is 1. The van der Waals surface area contributed by atoms with E-state index >= 15 is 0 Å². The topological polar surface area (TPSA) is 72.9 Å². The molecule has 2 aromatic rings. The van der Waals surface area contributed by atoms with Gasteiger partial charge in [-0.25, -0.2) is 4.98 Å². The number of aromatic nitrogens is 4. The van der Waals surface area contributed by atoms with E-state index in [0.717, 1.165) is 41.4 Å². The second-order valence-corrected chi connectivity index (χ2v) is 6.59. The van der Waals surface area contributed by atoms with Gasteiger partial charge in [0, 0.05) is 13.6 Å². The average molecular weight is 310 g/mol. The number of carbonyl (C=O) groups is 1. The van der Waals surface area contributed by atoms with Crippen molar-refractivity contribution in [2.24, 2.45) is 13.0 Å². The normalized spacial score (nSPS) is 11.7. The van der Waals surface area contributed by atoms with Crippen LogP contribution in [0.3, 0.4) is 0 Å². The van der Waals surface area contributed by atoms with E-state index in [-0.39, 0.29) is 5.75 Å². The first-order valence-electron chi connectivity index (χ1n) is 7.14. The third kappa shape index (κ3) is 3.58. The molecule has 0 spiro atoms. The third-order valence-corrected chi connectivity index (χ3v) is 4.30. The average Bonchev–Trinajstić information content (AvgIpc) is 2.86. The van der Waals surface area contributed by atoms with Gasteiger partial charge in [0.05, 0.1) is 11.4 Å². The van der Waals surface area contributed by atoms with Gasteiger partial charge in [0.1, 0.15) is 5.52 Å². The third-order valence-electron chi connectivity index (χ3n) is 3.34. The molecule has 7 heteroatoms. The van der Waals surface area contributed by atoms with Gasteiger partial charge >= 0.3 is 5.97 Å². The highest BCUT2D eigenvalue weighted by atomic mass is 32.2. The maximum Gasteiger partial charge on any atom is 0.313 e. The molecule has 21 heavy (non-hydrogen) atoms. The van der Waals surface area contributed by atoms with Crippen molar-refractivity contribution in [2.45, 2.75) is 45.3 Å². The van der Waals surface area contributed by atoms with Crippen LogP contribution >= 0.6 is 11.8 Å². The number of aryl methyl sites for hydroxylation is 3. The molecule has 0 aliphatic carbocycles. The van der Waals surface area contributed by atoms with Gasteiger partial charge in [0.2, 0.25) is 0 Å². The van der Waals surface area contributed by atoms with E-state index in [2.05, 4.69) is 28.5 Å². The minimum absolute atomic E-state index is 0.0278. The van der Waals surface area contributed by atoms with Crippen molar-refractivity contribution in [3.8, 4) is 0 Å². The van der Waals surface area contributed by atoms with Crippen LogP contribution in [0.25, 0.3) is 11.2 Å². The molecule has 0 aromatic carbocycles. The molecule has 2 heterocycles. The summed E-state index contributed by atoms with van der Waals surface area (Å²) in [6.45, 7) is 7.19. The van der Waals surface area contributed by atoms with Gasteiger partial charge in [-0.15, -0.1) is 0 Å². The van der Waals surface area contributed by atoms with Gasteiger partial charge in [-0.2, -0.15) is 5.10 Å². The summed E-state index contributed by atoms with van der Waals surface area (Å²) in [5.74, 6) is -0.136. The molecule has 116 valence electrons. The van der Waals surface area contributed by atoms with Crippen molar-refractivity contribution in [1.29, 1.82) is 0 Å². The van der Waals surface area contributed by atoms with Crippen molar-refractivity contribution in [3.63, 3.8) is 0 Å². The maximum atomic E-state index is 10.8. The Morgan fingerprint density at radius 2 is 2.14 bits per heavy atom. The number of fused-ring (bicyclic) bond motifs is 1. The molecule has 0 atom stereocenters. The summed E-state index contributed by atoms with van der Waals surface area (Å²) < 4.78 is 3.93. The summed E-state index contributed by atoms with van der Waals surface area (Å²) in [6, 6.07) is 0. The summed E-state index contributed by atoms with van der Waals surface area (Å²) in [4.78, 5) is 15.4. The molecular formula is C14H22N4O2S. The Morgan fingerprint density at radius 3 is 2.76 bits per heavy atom. The van der Waals surface area contributed by atoms with Gasteiger partial charge < -0.3 is 9.67 Å². The molecule has 2 rings (SSSR count). The fraction of sp³-hybridized carbons (Fsp3) is 0.643. The molecule has 2 aromatic heterocycles. The van der Waals surface area contributed by atoms with Crippen LogP contribution in [-0.4, -0.2) is 36.2 Å². The Bertz CT molecular complexity index is 645. The molecule has 0 aliphatic heterocycles. The van der Waals surface area contributed by atoms with Crippen LogP contribution in [0.15, 0.2) is 5.16 Å². The molecular weight excluding hydrogens is 288 g/mol. The van der Waals surface area contributed by atoms with E-state index in [0.29, 0.717) is 5.92 Å². The van der Waals surface area contributed by atoms with Crippen molar-refractivity contribution < 1.29 is 9.90 Å². The van der Waals surface area contributed by atoms with Gasteiger partial charge in [0.25, 0.3) is 0 Å². The van der Waals surface area contributed by atoms with Crippen molar-refractivity contribution >= 4 is 28.9 Å². The van der Waals surface area contributed by atoms with Crippen LogP contribution in [0.5, 0.6) is 0 Å². The van der Waals surface area contributed by atoms with Crippen LogP contribution in [0.4, 0.5) is 0 Å². The number of carboxylic acid groups (broad SMARTS) is 1. The lowest BCUT2D eigenvalue weighted by molar-refractivity contribution is -0.133. The quantitative estimate of drug-likeness (QED) is 0.796. The van der Waals surface area contributed by atoms with Gasteiger partial charge in [-0.1, -0.05) is 25.6 Å². The molecule has 0 saturated heterocycles. The molecule has 0 aliphatic rings.